The van der Waals surface area contributed by atoms with Crippen LogP contribution in [0.5, 0.6) is 17.2 Å². The lowest BCUT2D eigenvalue weighted by atomic mass is 10.2. The molecule has 9 nitrogen and oxygen atoms in total. The van der Waals surface area contributed by atoms with Gasteiger partial charge < -0.3 is 29.3 Å². The largest absolute Gasteiger partial charge is 0.493 e. The van der Waals surface area contributed by atoms with E-state index in [4.69, 9.17) is 18.6 Å². The first-order valence-corrected chi connectivity index (χ1v) is 8.77. The third kappa shape index (κ3) is 4.75. The average molecular weight is 398 g/mol. The summed E-state index contributed by atoms with van der Waals surface area (Å²) >= 11 is 0. The minimum atomic E-state index is -0.333. The zero-order chi connectivity index (χ0) is 20.8. The molecule has 3 aromatic rings. The molecular formula is C20H22N4O5. The summed E-state index contributed by atoms with van der Waals surface area (Å²) in [6.07, 6.45) is 1.55. The lowest BCUT2D eigenvalue weighted by Crippen LogP contribution is -2.24. The van der Waals surface area contributed by atoms with Crippen molar-refractivity contribution in [2.75, 3.05) is 26.6 Å². The standard InChI is InChI=1S/C20H22N4O5/c1-12-8-15(19(25)21-11-14-6-5-7-29-14)24-20(22-12)23-13-9-16(26-2)18(28-4)17(10-13)27-3/h5-10H,11H2,1-4H3,(H,21,25)(H,22,23,24). The van der Waals surface area contributed by atoms with Crippen molar-refractivity contribution in [3.63, 3.8) is 0 Å². The summed E-state index contributed by atoms with van der Waals surface area (Å²) in [6, 6.07) is 8.60. The van der Waals surface area contributed by atoms with E-state index in [1.807, 2.05) is 0 Å². The molecule has 0 aliphatic carbocycles. The number of hydrogen-bond donors (Lipinski definition) is 2. The molecule has 1 aromatic carbocycles. The first-order chi connectivity index (χ1) is 14.0. The van der Waals surface area contributed by atoms with Gasteiger partial charge in [0, 0.05) is 23.5 Å². The molecular weight excluding hydrogens is 376 g/mol. The van der Waals surface area contributed by atoms with Crippen molar-refractivity contribution in [1.82, 2.24) is 15.3 Å². The SMILES string of the molecule is COc1cc(Nc2nc(C)cc(C(=O)NCc3ccco3)n2)cc(OC)c1OC. The van der Waals surface area contributed by atoms with Gasteiger partial charge in [0.2, 0.25) is 11.7 Å². The molecule has 29 heavy (non-hydrogen) atoms. The fourth-order valence-electron chi connectivity index (χ4n) is 2.69. The molecule has 2 N–H and O–H groups in total. The van der Waals surface area contributed by atoms with E-state index in [9.17, 15) is 4.79 Å². The number of aromatic nitrogens is 2. The molecule has 1 amide bonds. The Kier molecular flexibility index (Phi) is 6.18. The Labute approximate surface area is 168 Å². The van der Waals surface area contributed by atoms with Gasteiger partial charge >= 0.3 is 0 Å². The van der Waals surface area contributed by atoms with Crippen molar-refractivity contribution in [2.24, 2.45) is 0 Å². The zero-order valence-electron chi connectivity index (χ0n) is 16.6. The van der Waals surface area contributed by atoms with E-state index in [-0.39, 0.29) is 24.1 Å². The molecule has 9 heteroatoms. The quantitative estimate of drug-likeness (QED) is 0.596. The molecule has 2 heterocycles. The summed E-state index contributed by atoms with van der Waals surface area (Å²) < 4.78 is 21.2. The van der Waals surface area contributed by atoms with E-state index in [0.29, 0.717) is 34.4 Å². The first kappa shape index (κ1) is 20.0. The van der Waals surface area contributed by atoms with E-state index < -0.39 is 0 Å². The Morgan fingerprint density at radius 3 is 2.38 bits per heavy atom. The molecule has 0 bridgehead atoms. The molecule has 2 aromatic heterocycles. The minimum absolute atomic E-state index is 0.235. The van der Waals surface area contributed by atoms with Gasteiger partial charge in [0.25, 0.3) is 5.91 Å². The fraction of sp³-hybridized carbons (Fsp3) is 0.250. The Balaban J connectivity index is 1.82. The lowest BCUT2D eigenvalue weighted by molar-refractivity contribution is 0.0943. The second kappa shape index (κ2) is 8.96. The third-order valence-corrected chi connectivity index (χ3v) is 4.01. The normalized spacial score (nSPS) is 10.3. The van der Waals surface area contributed by atoms with Gasteiger partial charge in [-0.2, -0.15) is 0 Å². The number of benzene rings is 1. The van der Waals surface area contributed by atoms with Gasteiger partial charge in [0.1, 0.15) is 11.5 Å². The van der Waals surface area contributed by atoms with Crippen LogP contribution in [0.2, 0.25) is 0 Å². The number of furan rings is 1. The second-order valence-electron chi connectivity index (χ2n) is 6.02. The van der Waals surface area contributed by atoms with Crippen LogP contribution in [0.25, 0.3) is 0 Å². The average Bonchev–Trinajstić information content (AvgIpc) is 3.24. The maximum absolute atomic E-state index is 12.5. The molecule has 0 saturated heterocycles. The highest BCUT2D eigenvalue weighted by Crippen LogP contribution is 2.40. The Hall–Kier alpha value is -3.75. The highest BCUT2D eigenvalue weighted by Gasteiger charge is 2.15. The van der Waals surface area contributed by atoms with Crippen LogP contribution in [0, 0.1) is 6.92 Å². The van der Waals surface area contributed by atoms with Crippen LogP contribution in [0.4, 0.5) is 11.6 Å². The van der Waals surface area contributed by atoms with Crippen LogP contribution in [-0.2, 0) is 6.54 Å². The van der Waals surface area contributed by atoms with Crippen LogP contribution < -0.4 is 24.8 Å². The molecule has 152 valence electrons. The third-order valence-electron chi connectivity index (χ3n) is 4.01. The number of hydrogen-bond acceptors (Lipinski definition) is 8. The van der Waals surface area contributed by atoms with Crippen molar-refractivity contribution in [3.05, 3.63) is 53.7 Å². The van der Waals surface area contributed by atoms with Crippen LogP contribution in [0.3, 0.4) is 0 Å². The zero-order valence-corrected chi connectivity index (χ0v) is 16.6. The lowest BCUT2D eigenvalue weighted by Gasteiger charge is -2.15. The first-order valence-electron chi connectivity index (χ1n) is 8.77. The van der Waals surface area contributed by atoms with Crippen LogP contribution in [0.1, 0.15) is 21.9 Å². The minimum Gasteiger partial charge on any atom is -0.493 e. The second-order valence-corrected chi connectivity index (χ2v) is 6.02. The molecule has 0 aliphatic rings. The van der Waals surface area contributed by atoms with E-state index >= 15 is 0 Å². The van der Waals surface area contributed by atoms with Gasteiger partial charge in [-0.3, -0.25) is 4.79 Å². The predicted octanol–water partition coefficient (Wildman–Crippen LogP) is 3.08. The van der Waals surface area contributed by atoms with Crippen molar-refractivity contribution in [2.45, 2.75) is 13.5 Å². The molecule has 0 radical (unpaired) electrons. The molecule has 0 saturated carbocycles. The topological polar surface area (TPSA) is 108 Å². The molecule has 0 atom stereocenters. The number of amides is 1. The van der Waals surface area contributed by atoms with Gasteiger partial charge in [0.15, 0.2) is 11.5 Å². The van der Waals surface area contributed by atoms with Gasteiger partial charge in [-0.05, 0) is 25.1 Å². The summed E-state index contributed by atoms with van der Waals surface area (Å²) in [5.41, 5.74) is 1.49. The van der Waals surface area contributed by atoms with E-state index in [1.165, 1.54) is 21.3 Å². The summed E-state index contributed by atoms with van der Waals surface area (Å²) in [5.74, 6) is 2.03. The maximum Gasteiger partial charge on any atom is 0.270 e. The highest BCUT2D eigenvalue weighted by molar-refractivity contribution is 5.92. The number of anilines is 2. The van der Waals surface area contributed by atoms with Crippen molar-refractivity contribution in [3.8, 4) is 17.2 Å². The van der Waals surface area contributed by atoms with Gasteiger partial charge in [-0.15, -0.1) is 0 Å². The van der Waals surface area contributed by atoms with Crippen molar-refractivity contribution < 1.29 is 23.4 Å². The Morgan fingerprint density at radius 2 is 1.79 bits per heavy atom. The number of rotatable bonds is 8. The Bertz CT molecular complexity index is 964. The van der Waals surface area contributed by atoms with Gasteiger partial charge in [0.05, 0.1) is 34.1 Å². The number of nitrogens with one attached hydrogen (secondary N) is 2. The van der Waals surface area contributed by atoms with Crippen LogP contribution >= 0.6 is 0 Å². The summed E-state index contributed by atoms with van der Waals surface area (Å²) in [5, 5.41) is 5.84. The predicted molar refractivity (Wildman–Crippen MR) is 106 cm³/mol. The molecule has 0 aliphatic heterocycles. The highest BCUT2D eigenvalue weighted by atomic mass is 16.5. The number of ether oxygens (including phenoxy) is 3. The monoisotopic (exact) mass is 398 g/mol. The summed E-state index contributed by atoms with van der Waals surface area (Å²) in [6.45, 7) is 2.05. The number of carbonyl (C=O) groups is 1. The summed E-state index contributed by atoms with van der Waals surface area (Å²) in [7, 11) is 4.60. The number of aryl methyl sites for hydroxylation is 1. The molecule has 3 rings (SSSR count). The summed E-state index contributed by atoms with van der Waals surface area (Å²) in [4.78, 5) is 21.1. The van der Waals surface area contributed by atoms with Crippen LogP contribution in [-0.4, -0.2) is 37.2 Å². The van der Waals surface area contributed by atoms with Gasteiger partial charge in [-0.25, -0.2) is 9.97 Å². The molecule has 0 unspecified atom stereocenters. The maximum atomic E-state index is 12.5. The van der Waals surface area contributed by atoms with E-state index in [0.717, 1.165) is 0 Å². The fourth-order valence-corrected chi connectivity index (χ4v) is 2.69. The van der Waals surface area contributed by atoms with E-state index in [2.05, 4.69) is 20.6 Å². The number of nitrogens with zero attached hydrogens (tertiary/aromatic N) is 2. The van der Waals surface area contributed by atoms with Crippen molar-refractivity contribution in [1.29, 1.82) is 0 Å². The Morgan fingerprint density at radius 1 is 1.07 bits per heavy atom. The van der Waals surface area contributed by atoms with Gasteiger partial charge in [-0.1, -0.05) is 0 Å². The number of carbonyl (C=O) groups excluding carboxylic acids is 1. The molecule has 0 spiro atoms. The van der Waals surface area contributed by atoms with E-state index in [1.54, 1.807) is 43.5 Å². The number of methoxy groups -OCH3 is 3. The van der Waals surface area contributed by atoms with Crippen molar-refractivity contribution >= 4 is 17.5 Å². The van der Waals surface area contributed by atoms with Crippen LogP contribution in [0.15, 0.2) is 41.0 Å². The molecule has 0 fully saturated rings. The smallest absolute Gasteiger partial charge is 0.270 e.